The summed E-state index contributed by atoms with van der Waals surface area (Å²) in [5.41, 5.74) is 1.25. The first-order valence-corrected chi connectivity index (χ1v) is 7.22. The summed E-state index contributed by atoms with van der Waals surface area (Å²) < 4.78 is 13.8. The summed E-state index contributed by atoms with van der Waals surface area (Å²) in [7, 11) is 0. The molecule has 1 aliphatic carbocycles. The summed E-state index contributed by atoms with van der Waals surface area (Å²) in [6.07, 6.45) is 1.77. The zero-order valence-electron chi connectivity index (χ0n) is 10.7. The molecule has 0 unspecified atom stereocenters. The lowest BCUT2D eigenvalue weighted by Crippen LogP contribution is -2.34. The maximum atomic E-state index is 13.0. The molecule has 0 aliphatic heterocycles. The largest absolute Gasteiger partial charge is 0.343 e. The van der Waals surface area contributed by atoms with Gasteiger partial charge in [-0.1, -0.05) is 34.1 Å². The zero-order chi connectivity index (χ0) is 14.2. The van der Waals surface area contributed by atoms with Gasteiger partial charge < -0.3 is 5.32 Å². The van der Waals surface area contributed by atoms with Gasteiger partial charge in [-0.05, 0) is 48.7 Å². The van der Waals surface area contributed by atoms with Crippen molar-refractivity contribution in [2.75, 3.05) is 0 Å². The molecule has 1 N–H and O–H groups in total. The van der Waals surface area contributed by atoms with Crippen molar-refractivity contribution >= 4 is 21.8 Å². The number of carbonyl (C=O) groups is 1. The molecule has 0 radical (unpaired) electrons. The summed E-state index contributed by atoms with van der Waals surface area (Å²) in [6.45, 7) is 0. The van der Waals surface area contributed by atoms with E-state index < -0.39 is 0 Å². The van der Waals surface area contributed by atoms with Crippen molar-refractivity contribution in [1.29, 1.82) is 0 Å². The Morgan fingerprint density at radius 1 is 1.15 bits per heavy atom. The fraction of sp³-hybridized carbons (Fsp3) is 0.188. The van der Waals surface area contributed by atoms with Crippen LogP contribution < -0.4 is 5.32 Å². The van der Waals surface area contributed by atoms with Gasteiger partial charge in [0.2, 0.25) is 0 Å². The molecule has 1 fully saturated rings. The topological polar surface area (TPSA) is 29.1 Å². The Bertz CT molecular complexity index is 650. The third-order valence-corrected chi connectivity index (χ3v) is 4.08. The highest BCUT2D eigenvalue weighted by molar-refractivity contribution is 9.10. The van der Waals surface area contributed by atoms with E-state index >= 15 is 0 Å². The SMILES string of the molecule is O=C(NC1(c2ccc(F)cc2)CC1)c1cccc(Br)c1. The van der Waals surface area contributed by atoms with Gasteiger partial charge in [0.15, 0.2) is 0 Å². The van der Waals surface area contributed by atoms with Crippen molar-refractivity contribution in [1.82, 2.24) is 5.32 Å². The lowest BCUT2D eigenvalue weighted by Gasteiger charge is -2.18. The molecule has 2 aromatic carbocycles. The lowest BCUT2D eigenvalue weighted by molar-refractivity contribution is 0.0931. The average molecular weight is 334 g/mol. The van der Waals surface area contributed by atoms with Crippen LogP contribution in [0.5, 0.6) is 0 Å². The number of carbonyl (C=O) groups excluding carboxylic acids is 1. The van der Waals surface area contributed by atoms with E-state index in [4.69, 9.17) is 0 Å². The molecule has 0 saturated heterocycles. The first-order valence-electron chi connectivity index (χ1n) is 6.43. The second-order valence-corrected chi connectivity index (χ2v) is 5.97. The van der Waals surface area contributed by atoms with E-state index in [2.05, 4.69) is 21.2 Å². The number of benzene rings is 2. The summed E-state index contributed by atoms with van der Waals surface area (Å²) in [4.78, 5) is 12.3. The Labute approximate surface area is 125 Å². The standard InChI is InChI=1S/C16H13BrFNO/c17-13-3-1-2-11(10-13)15(20)19-16(8-9-16)12-4-6-14(18)7-5-12/h1-7,10H,8-9H2,(H,19,20). The molecule has 0 bridgehead atoms. The molecule has 102 valence electrons. The van der Waals surface area contributed by atoms with E-state index in [1.54, 1.807) is 24.3 Å². The number of nitrogens with one attached hydrogen (secondary N) is 1. The van der Waals surface area contributed by atoms with Crippen LogP contribution in [-0.4, -0.2) is 5.91 Å². The van der Waals surface area contributed by atoms with Crippen molar-refractivity contribution in [3.63, 3.8) is 0 Å². The molecular weight excluding hydrogens is 321 g/mol. The van der Waals surface area contributed by atoms with Crippen molar-refractivity contribution in [2.45, 2.75) is 18.4 Å². The molecule has 1 amide bonds. The Kier molecular flexibility index (Phi) is 3.34. The van der Waals surface area contributed by atoms with Crippen LogP contribution in [0.1, 0.15) is 28.8 Å². The van der Waals surface area contributed by atoms with Crippen molar-refractivity contribution < 1.29 is 9.18 Å². The molecule has 2 aromatic rings. The summed E-state index contributed by atoms with van der Waals surface area (Å²) >= 11 is 3.36. The highest BCUT2D eigenvalue weighted by atomic mass is 79.9. The highest BCUT2D eigenvalue weighted by Crippen LogP contribution is 2.45. The average Bonchev–Trinajstić information content (AvgIpc) is 3.20. The Morgan fingerprint density at radius 2 is 1.85 bits per heavy atom. The number of hydrogen-bond acceptors (Lipinski definition) is 1. The van der Waals surface area contributed by atoms with Crippen LogP contribution in [0.3, 0.4) is 0 Å². The molecule has 0 aromatic heterocycles. The van der Waals surface area contributed by atoms with Crippen LogP contribution in [0, 0.1) is 5.82 Å². The van der Waals surface area contributed by atoms with Crippen molar-refractivity contribution in [3.8, 4) is 0 Å². The van der Waals surface area contributed by atoms with E-state index in [9.17, 15) is 9.18 Å². The summed E-state index contributed by atoms with van der Waals surface area (Å²) in [5.74, 6) is -0.365. The van der Waals surface area contributed by atoms with Crippen LogP contribution in [-0.2, 0) is 5.54 Å². The highest BCUT2D eigenvalue weighted by Gasteiger charge is 2.45. The van der Waals surface area contributed by atoms with Gasteiger partial charge in [0.25, 0.3) is 5.91 Å². The van der Waals surface area contributed by atoms with Gasteiger partial charge in [0, 0.05) is 10.0 Å². The molecule has 2 nitrogen and oxygen atoms in total. The summed E-state index contributed by atoms with van der Waals surface area (Å²) in [5, 5.41) is 3.06. The maximum absolute atomic E-state index is 13.0. The quantitative estimate of drug-likeness (QED) is 0.903. The molecule has 1 saturated carbocycles. The second kappa shape index (κ2) is 5.02. The van der Waals surface area contributed by atoms with Gasteiger partial charge in [-0.25, -0.2) is 4.39 Å². The third-order valence-electron chi connectivity index (χ3n) is 3.59. The number of amides is 1. The third kappa shape index (κ3) is 2.61. The van der Waals surface area contributed by atoms with Gasteiger partial charge in [-0.3, -0.25) is 4.79 Å². The van der Waals surface area contributed by atoms with Crippen LogP contribution in [0.25, 0.3) is 0 Å². The molecule has 0 spiro atoms. The zero-order valence-corrected chi connectivity index (χ0v) is 12.3. The predicted octanol–water partition coefficient (Wildman–Crippen LogP) is 4.01. The van der Waals surface area contributed by atoms with E-state index in [1.165, 1.54) is 12.1 Å². The lowest BCUT2D eigenvalue weighted by atomic mass is 10.0. The van der Waals surface area contributed by atoms with Gasteiger partial charge in [-0.15, -0.1) is 0 Å². The van der Waals surface area contributed by atoms with Crippen LogP contribution in [0.4, 0.5) is 4.39 Å². The monoisotopic (exact) mass is 333 g/mol. The fourth-order valence-electron chi connectivity index (χ4n) is 2.30. The van der Waals surface area contributed by atoms with Crippen LogP contribution in [0.15, 0.2) is 53.0 Å². The first kappa shape index (κ1) is 13.3. The molecule has 20 heavy (non-hydrogen) atoms. The number of rotatable bonds is 3. The minimum absolute atomic E-state index is 0.104. The predicted molar refractivity (Wildman–Crippen MR) is 78.9 cm³/mol. The van der Waals surface area contributed by atoms with E-state index in [0.717, 1.165) is 22.9 Å². The number of halogens is 2. The normalized spacial score (nSPS) is 15.7. The second-order valence-electron chi connectivity index (χ2n) is 5.05. The van der Waals surface area contributed by atoms with E-state index in [0.29, 0.717) is 5.56 Å². The van der Waals surface area contributed by atoms with E-state index in [1.807, 2.05) is 12.1 Å². The fourth-order valence-corrected chi connectivity index (χ4v) is 2.70. The Balaban J connectivity index is 1.80. The van der Waals surface area contributed by atoms with Gasteiger partial charge in [-0.2, -0.15) is 0 Å². The van der Waals surface area contributed by atoms with Crippen molar-refractivity contribution in [3.05, 3.63) is 69.9 Å². The maximum Gasteiger partial charge on any atom is 0.252 e. The van der Waals surface area contributed by atoms with E-state index in [-0.39, 0.29) is 17.3 Å². The first-order chi connectivity index (χ1) is 9.59. The van der Waals surface area contributed by atoms with Crippen LogP contribution in [0.2, 0.25) is 0 Å². The molecule has 3 rings (SSSR count). The van der Waals surface area contributed by atoms with Crippen molar-refractivity contribution in [2.24, 2.45) is 0 Å². The van der Waals surface area contributed by atoms with Gasteiger partial charge >= 0.3 is 0 Å². The minimum Gasteiger partial charge on any atom is -0.343 e. The Morgan fingerprint density at radius 3 is 2.45 bits per heavy atom. The van der Waals surface area contributed by atoms with Gasteiger partial charge in [0.1, 0.15) is 5.82 Å². The minimum atomic E-state index is -0.326. The molecule has 1 aliphatic rings. The molecule has 0 heterocycles. The molecule has 4 heteroatoms. The summed E-state index contributed by atoms with van der Waals surface area (Å²) in [6, 6.07) is 13.6. The smallest absolute Gasteiger partial charge is 0.252 e. The molecular formula is C16H13BrFNO. The molecule has 0 atom stereocenters. The van der Waals surface area contributed by atoms with Gasteiger partial charge in [0.05, 0.1) is 5.54 Å². The number of hydrogen-bond donors (Lipinski definition) is 1. The van der Waals surface area contributed by atoms with Crippen LogP contribution >= 0.6 is 15.9 Å². The Hall–Kier alpha value is -1.68.